The van der Waals surface area contributed by atoms with Crippen LogP contribution in [0.15, 0.2) is 47.9 Å². The van der Waals surface area contributed by atoms with Crippen LogP contribution >= 0.6 is 35.0 Å². The number of hydrogen-bond acceptors (Lipinski definition) is 5. The zero-order chi connectivity index (χ0) is 18.0. The van der Waals surface area contributed by atoms with E-state index in [1.165, 1.54) is 11.8 Å². The van der Waals surface area contributed by atoms with Gasteiger partial charge in [-0.2, -0.15) is 0 Å². The van der Waals surface area contributed by atoms with Crippen LogP contribution in [0.4, 0.5) is 0 Å². The third-order valence-electron chi connectivity index (χ3n) is 3.27. The number of rotatable bonds is 5. The summed E-state index contributed by atoms with van der Waals surface area (Å²) in [5, 5.41) is 20.2. The van der Waals surface area contributed by atoms with E-state index in [0.717, 1.165) is 11.3 Å². The predicted octanol–water partition coefficient (Wildman–Crippen LogP) is 4.50. The first-order chi connectivity index (χ1) is 11.8. The molecule has 0 amide bonds. The summed E-state index contributed by atoms with van der Waals surface area (Å²) in [4.78, 5) is 4.15. The minimum Gasteiger partial charge on any atom is -0.390 e. The van der Waals surface area contributed by atoms with Gasteiger partial charge in [-0.1, -0.05) is 35.0 Å². The SMILES string of the molecule is CC(C)(O)CSc1nnc(-c2cccnc2)n1-c1ccc(Cl)c(Cl)c1. The molecule has 25 heavy (non-hydrogen) atoms. The van der Waals surface area contributed by atoms with Crippen LogP contribution in [-0.4, -0.2) is 36.2 Å². The minimum absolute atomic E-state index is 0.448. The first kappa shape index (κ1) is 18.2. The van der Waals surface area contributed by atoms with Crippen LogP contribution in [-0.2, 0) is 0 Å². The molecule has 0 atom stereocenters. The van der Waals surface area contributed by atoms with E-state index in [1.54, 1.807) is 38.4 Å². The van der Waals surface area contributed by atoms with Gasteiger partial charge in [-0.05, 0) is 44.2 Å². The maximum Gasteiger partial charge on any atom is 0.196 e. The fourth-order valence-electron chi connectivity index (χ4n) is 2.14. The molecule has 0 fully saturated rings. The van der Waals surface area contributed by atoms with Gasteiger partial charge in [-0.25, -0.2) is 0 Å². The molecule has 0 radical (unpaired) electrons. The lowest BCUT2D eigenvalue weighted by Gasteiger charge is -2.16. The lowest BCUT2D eigenvalue weighted by molar-refractivity contribution is 0.107. The fourth-order valence-corrected chi connectivity index (χ4v) is 3.34. The summed E-state index contributed by atoms with van der Waals surface area (Å²) in [6.45, 7) is 3.50. The smallest absolute Gasteiger partial charge is 0.196 e. The van der Waals surface area contributed by atoms with E-state index in [2.05, 4.69) is 15.2 Å². The number of halogens is 2. The molecule has 3 rings (SSSR count). The second-order valence-electron chi connectivity index (χ2n) is 6.08. The molecule has 0 saturated carbocycles. The van der Waals surface area contributed by atoms with Crippen LogP contribution in [0.2, 0.25) is 10.0 Å². The molecule has 3 aromatic rings. The Balaban J connectivity index is 2.11. The van der Waals surface area contributed by atoms with Gasteiger partial charge in [0.25, 0.3) is 0 Å². The van der Waals surface area contributed by atoms with Crippen molar-refractivity contribution in [1.29, 1.82) is 0 Å². The summed E-state index contributed by atoms with van der Waals surface area (Å²) in [7, 11) is 0. The molecular formula is C17H16Cl2N4OS. The van der Waals surface area contributed by atoms with Crippen molar-refractivity contribution in [1.82, 2.24) is 19.7 Å². The standard InChI is InChI=1S/C17H16Cl2N4OS/c1-17(2,24)10-25-16-22-21-15(11-4-3-7-20-9-11)23(16)12-5-6-13(18)14(19)8-12/h3-9,24H,10H2,1-2H3. The summed E-state index contributed by atoms with van der Waals surface area (Å²) in [5.41, 5.74) is 0.792. The second-order valence-corrected chi connectivity index (χ2v) is 7.84. The largest absolute Gasteiger partial charge is 0.390 e. The number of aromatic nitrogens is 4. The maximum atomic E-state index is 10.0. The number of aliphatic hydroxyl groups is 1. The number of nitrogens with zero attached hydrogens (tertiary/aromatic N) is 4. The number of hydrogen-bond donors (Lipinski definition) is 1. The summed E-state index contributed by atoms with van der Waals surface area (Å²) in [6.07, 6.45) is 3.43. The first-order valence-electron chi connectivity index (χ1n) is 7.51. The third kappa shape index (κ3) is 4.33. The molecule has 5 nitrogen and oxygen atoms in total. The highest BCUT2D eigenvalue weighted by Crippen LogP contribution is 2.32. The third-order valence-corrected chi connectivity index (χ3v) is 5.38. The molecule has 1 aromatic carbocycles. The zero-order valence-corrected chi connectivity index (χ0v) is 16.0. The van der Waals surface area contributed by atoms with E-state index < -0.39 is 5.60 Å². The van der Waals surface area contributed by atoms with E-state index in [4.69, 9.17) is 23.2 Å². The van der Waals surface area contributed by atoms with E-state index in [9.17, 15) is 5.11 Å². The predicted molar refractivity (Wildman–Crippen MR) is 102 cm³/mol. The Bertz CT molecular complexity index is 878. The molecular weight excluding hydrogens is 379 g/mol. The minimum atomic E-state index is -0.826. The average Bonchev–Trinajstić information content (AvgIpc) is 3.00. The molecule has 1 N–H and O–H groups in total. The quantitative estimate of drug-likeness (QED) is 0.645. The van der Waals surface area contributed by atoms with Gasteiger partial charge < -0.3 is 5.11 Å². The van der Waals surface area contributed by atoms with Crippen molar-refractivity contribution in [3.8, 4) is 17.1 Å². The normalized spacial score (nSPS) is 11.7. The van der Waals surface area contributed by atoms with E-state index in [1.807, 2.05) is 22.8 Å². The van der Waals surface area contributed by atoms with Gasteiger partial charge in [0.05, 0.1) is 21.3 Å². The van der Waals surface area contributed by atoms with E-state index in [-0.39, 0.29) is 0 Å². The molecule has 0 aliphatic heterocycles. The Morgan fingerprint density at radius 1 is 1.16 bits per heavy atom. The van der Waals surface area contributed by atoms with Gasteiger partial charge >= 0.3 is 0 Å². The lowest BCUT2D eigenvalue weighted by atomic mass is 10.2. The number of thioether (sulfide) groups is 1. The first-order valence-corrected chi connectivity index (χ1v) is 9.26. The van der Waals surface area contributed by atoms with E-state index >= 15 is 0 Å². The van der Waals surface area contributed by atoms with Gasteiger partial charge in [0.1, 0.15) is 0 Å². The molecule has 2 heterocycles. The summed E-state index contributed by atoms with van der Waals surface area (Å²) in [5.74, 6) is 1.11. The van der Waals surface area contributed by atoms with Gasteiger partial charge in [0.2, 0.25) is 0 Å². The van der Waals surface area contributed by atoms with Crippen LogP contribution in [0.5, 0.6) is 0 Å². The fraction of sp³-hybridized carbons (Fsp3) is 0.235. The number of pyridine rings is 1. The monoisotopic (exact) mass is 394 g/mol. The van der Waals surface area contributed by atoms with Crippen LogP contribution in [0.3, 0.4) is 0 Å². The summed E-state index contributed by atoms with van der Waals surface area (Å²) in [6, 6.07) is 9.10. The Morgan fingerprint density at radius 2 is 1.96 bits per heavy atom. The molecule has 0 spiro atoms. The molecule has 8 heteroatoms. The topological polar surface area (TPSA) is 63.8 Å². The highest BCUT2D eigenvalue weighted by molar-refractivity contribution is 7.99. The van der Waals surface area contributed by atoms with Crippen LogP contribution in [0.1, 0.15) is 13.8 Å². The Kier molecular flexibility index (Phi) is 5.34. The van der Waals surface area contributed by atoms with E-state index in [0.29, 0.717) is 26.8 Å². The second kappa shape index (κ2) is 7.33. The van der Waals surface area contributed by atoms with Crippen molar-refractivity contribution < 1.29 is 5.11 Å². The highest BCUT2D eigenvalue weighted by atomic mass is 35.5. The maximum absolute atomic E-state index is 10.0. The van der Waals surface area contributed by atoms with Gasteiger partial charge in [0.15, 0.2) is 11.0 Å². The Hall–Kier alpha value is -1.60. The van der Waals surface area contributed by atoms with Crippen molar-refractivity contribution in [3.05, 3.63) is 52.8 Å². The van der Waals surface area contributed by atoms with Crippen molar-refractivity contribution in [2.75, 3.05) is 5.75 Å². The van der Waals surface area contributed by atoms with Crippen LogP contribution in [0, 0.1) is 0 Å². The van der Waals surface area contributed by atoms with Crippen molar-refractivity contribution in [2.24, 2.45) is 0 Å². The average molecular weight is 395 g/mol. The number of benzene rings is 1. The van der Waals surface area contributed by atoms with Crippen LogP contribution < -0.4 is 0 Å². The highest BCUT2D eigenvalue weighted by Gasteiger charge is 2.20. The molecule has 2 aromatic heterocycles. The molecule has 0 aliphatic rings. The van der Waals surface area contributed by atoms with Crippen molar-refractivity contribution in [2.45, 2.75) is 24.6 Å². The molecule has 0 bridgehead atoms. The zero-order valence-electron chi connectivity index (χ0n) is 13.6. The molecule has 0 saturated heterocycles. The summed E-state index contributed by atoms with van der Waals surface area (Å²) < 4.78 is 1.88. The summed E-state index contributed by atoms with van der Waals surface area (Å²) >= 11 is 13.6. The molecule has 0 aliphatic carbocycles. The lowest BCUT2D eigenvalue weighted by Crippen LogP contribution is -2.22. The van der Waals surface area contributed by atoms with Gasteiger partial charge in [-0.3, -0.25) is 9.55 Å². The Morgan fingerprint density at radius 3 is 2.60 bits per heavy atom. The van der Waals surface area contributed by atoms with Gasteiger partial charge in [0, 0.05) is 23.7 Å². The molecule has 130 valence electrons. The van der Waals surface area contributed by atoms with Crippen molar-refractivity contribution in [3.63, 3.8) is 0 Å². The van der Waals surface area contributed by atoms with Crippen molar-refractivity contribution >= 4 is 35.0 Å². The van der Waals surface area contributed by atoms with Crippen LogP contribution in [0.25, 0.3) is 17.1 Å². The van der Waals surface area contributed by atoms with Gasteiger partial charge in [-0.15, -0.1) is 10.2 Å². The molecule has 0 unspecified atom stereocenters. The Labute approximate surface area is 160 Å².